The van der Waals surface area contributed by atoms with Crippen LogP contribution in [0.4, 0.5) is 15.8 Å². The van der Waals surface area contributed by atoms with Gasteiger partial charge in [-0.2, -0.15) is 0 Å². The highest BCUT2D eigenvalue weighted by atomic mass is 19.1. The number of anilines is 2. The van der Waals surface area contributed by atoms with E-state index in [0.29, 0.717) is 17.9 Å². The average molecular weight is 289 g/mol. The van der Waals surface area contributed by atoms with E-state index in [1.807, 2.05) is 32.2 Å². The van der Waals surface area contributed by atoms with Crippen LogP contribution >= 0.6 is 0 Å². The number of pyridine rings is 1. The fourth-order valence-corrected chi connectivity index (χ4v) is 1.95. The minimum Gasteiger partial charge on any atom is -0.488 e. The molecule has 0 aliphatic carbocycles. The molecule has 0 saturated heterocycles. The van der Waals surface area contributed by atoms with Gasteiger partial charge in [0.2, 0.25) is 0 Å². The smallest absolute Gasteiger partial charge is 0.167 e. The Labute approximate surface area is 124 Å². The fourth-order valence-electron chi connectivity index (χ4n) is 1.95. The molecule has 3 N–H and O–H groups in total. The Morgan fingerprint density at radius 2 is 2.19 bits per heavy atom. The summed E-state index contributed by atoms with van der Waals surface area (Å²) in [6.07, 6.45) is 4.28. The number of halogens is 1. The van der Waals surface area contributed by atoms with Gasteiger partial charge in [-0.05, 0) is 31.9 Å². The third-order valence-corrected chi connectivity index (χ3v) is 2.92. The maximum atomic E-state index is 13.7. The lowest BCUT2D eigenvalue weighted by Gasteiger charge is -2.15. The summed E-state index contributed by atoms with van der Waals surface area (Å²) >= 11 is 0. The number of aromatic nitrogens is 1. The number of nitrogens with one attached hydrogen (secondary N) is 1. The van der Waals surface area contributed by atoms with E-state index in [9.17, 15) is 4.39 Å². The van der Waals surface area contributed by atoms with E-state index in [2.05, 4.69) is 10.3 Å². The van der Waals surface area contributed by atoms with Gasteiger partial charge in [0.25, 0.3) is 0 Å². The van der Waals surface area contributed by atoms with Gasteiger partial charge in [0.05, 0.1) is 17.5 Å². The van der Waals surface area contributed by atoms with Crippen molar-refractivity contribution < 1.29 is 9.13 Å². The zero-order valence-electron chi connectivity index (χ0n) is 12.3. The van der Waals surface area contributed by atoms with Crippen molar-refractivity contribution >= 4 is 11.4 Å². The summed E-state index contributed by atoms with van der Waals surface area (Å²) in [5.74, 6) is -0.234. The molecule has 1 aromatic heterocycles. The van der Waals surface area contributed by atoms with E-state index >= 15 is 0 Å². The van der Waals surface area contributed by atoms with Crippen LogP contribution in [0.1, 0.15) is 19.4 Å². The maximum absolute atomic E-state index is 13.7. The molecule has 0 aliphatic rings. The second-order valence-electron chi connectivity index (χ2n) is 5.07. The molecular formula is C16H20FN3O. The van der Waals surface area contributed by atoms with Crippen molar-refractivity contribution in [2.75, 3.05) is 17.6 Å². The molecule has 0 radical (unpaired) electrons. The highest BCUT2D eigenvalue weighted by molar-refractivity contribution is 5.68. The van der Waals surface area contributed by atoms with Crippen molar-refractivity contribution in [3.05, 3.63) is 48.0 Å². The molecule has 0 saturated carbocycles. The first kappa shape index (κ1) is 15.1. The number of rotatable bonds is 6. The fraction of sp³-hybridized carbons (Fsp3) is 0.312. The monoisotopic (exact) mass is 289 g/mol. The van der Waals surface area contributed by atoms with E-state index in [1.165, 1.54) is 6.07 Å². The molecule has 1 aromatic carbocycles. The first-order valence-electron chi connectivity index (χ1n) is 6.94. The van der Waals surface area contributed by atoms with E-state index < -0.39 is 5.82 Å². The maximum Gasteiger partial charge on any atom is 0.167 e. The predicted octanol–water partition coefficient (Wildman–Crippen LogP) is 3.24. The SMILES string of the molecule is CC(C)Oc1cc(NCCc2cccnc2)c(N)cc1F. The second-order valence-corrected chi connectivity index (χ2v) is 5.07. The third kappa shape index (κ3) is 4.34. The Morgan fingerprint density at radius 1 is 1.38 bits per heavy atom. The second kappa shape index (κ2) is 6.92. The molecular weight excluding hydrogens is 269 g/mol. The van der Waals surface area contributed by atoms with Crippen LogP contribution in [0.2, 0.25) is 0 Å². The van der Waals surface area contributed by atoms with Gasteiger partial charge in [-0.1, -0.05) is 6.07 Å². The van der Waals surface area contributed by atoms with Gasteiger partial charge in [-0.25, -0.2) is 4.39 Å². The molecule has 0 atom stereocenters. The Balaban J connectivity index is 2.02. The molecule has 0 spiro atoms. The molecule has 1 heterocycles. The summed E-state index contributed by atoms with van der Waals surface area (Å²) < 4.78 is 19.2. The number of hydrogen-bond acceptors (Lipinski definition) is 4. The van der Waals surface area contributed by atoms with Gasteiger partial charge < -0.3 is 15.8 Å². The summed E-state index contributed by atoms with van der Waals surface area (Å²) in [6.45, 7) is 4.39. The Morgan fingerprint density at radius 3 is 2.86 bits per heavy atom. The van der Waals surface area contributed by atoms with Crippen LogP contribution in [-0.4, -0.2) is 17.6 Å². The Bertz CT molecular complexity index is 588. The van der Waals surface area contributed by atoms with Crippen LogP contribution in [0, 0.1) is 5.82 Å². The molecule has 0 bridgehead atoms. The molecule has 0 amide bonds. The van der Waals surface area contributed by atoms with Crippen LogP contribution < -0.4 is 15.8 Å². The van der Waals surface area contributed by atoms with Gasteiger partial charge in [0.1, 0.15) is 0 Å². The normalized spacial score (nSPS) is 10.7. The van der Waals surface area contributed by atoms with Crippen molar-refractivity contribution in [1.29, 1.82) is 0 Å². The topological polar surface area (TPSA) is 60.2 Å². The zero-order chi connectivity index (χ0) is 15.2. The van der Waals surface area contributed by atoms with E-state index in [4.69, 9.17) is 10.5 Å². The van der Waals surface area contributed by atoms with Gasteiger partial charge >= 0.3 is 0 Å². The number of nitrogens with zero attached hydrogens (tertiary/aromatic N) is 1. The number of benzene rings is 1. The van der Waals surface area contributed by atoms with Gasteiger partial charge in [-0.3, -0.25) is 4.98 Å². The molecule has 21 heavy (non-hydrogen) atoms. The van der Waals surface area contributed by atoms with Crippen molar-refractivity contribution in [3.8, 4) is 5.75 Å². The van der Waals surface area contributed by atoms with Gasteiger partial charge in [0, 0.05) is 31.1 Å². The van der Waals surface area contributed by atoms with Crippen molar-refractivity contribution in [2.24, 2.45) is 0 Å². The van der Waals surface area contributed by atoms with E-state index in [-0.39, 0.29) is 11.9 Å². The van der Waals surface area contributed by atoms with Crippen LogP contribution in [0.5, 0.6) is 5.75 Å². The van der Waals surface area contributed by atoms with Crippen LogP contribution in [-0.2, 0) is 6.42 Å². The molecule has 2 aromatic rings. The van der Waals surface area contributed by atoms with Crippen molar-refractivity contribution in [1.82, 2.24) is 4.98 Å². The van der Waals surface area contributed by atoms with Gasteiger partial charge in [0.15, 0.2) is 11.6 Å². The average Bonchev–Trinajstić information content (AvgIpc) is 2.44. The number of hydrogen-bond donors (Lipinski definition) is 2. The first-order valence-corrected chi connectivity index (χ1v) is 6.94. The zero-order valence-corrected chi connectivity index (χ0v) is 12.3. The van der Waals surface area contributed by atoms with Crippen LogP contribution in [0.25, 0.3) is 0 Å². The number of nitrogen functional groups attached to an aromatic ring is 1. The number of nitrogens with two attached hydrogens (primary N) is 1. The molecule has 0 unspecified atom stereocenters. The Kier molecular flexibility index (Phi) is 4.98. The van der Waals surface area contributed by atoms with Crippen molar-refractivity contribution in [2.45, 2.75) is 26.4 Å². The molecule has 112 valence electrons. The van der Waals surface area contributed by atoms with Gasteiger partial charge in [-0.15, -0.1) is 0 Å². The molecule has 0 aliphatic heterocycles. The molecule has 5 heteroatoms. The van der Waals surface area contributed by atoms with E-state index in [1.54, 1.807) is 12.3 Å². The summed E-state index contributed by atoms with van der Waals surface area (Å²) in [7, 11) is 0. The largest absolute Gasteiger partial charge is 0.488 e. The number of ether oxygens (including phenoxy) is 1. The minimum atomic E-state index is -0.445. The summed E-state index contributed by atoms with van der Waals surface area (Å²) in [5.41, 5.74) is 8.01. The lowest BCUT2D eigenvalue weighted by molar-refractivity contribution is 0.231. The summed E-state index contributed by atoms with van der Waals surface area (Å²) in [6, 6.07) is 6.80. The minimum absolute atomic E-state index is 0.0913. The molecule has 0 fully saturated rings. The predicted molar refractivity (Wildman–Crippen MR) is 83.0 cm³/mol. The lowest BCUT2D eigenvalue weighted by atomic mass is 10.2. The Hall–Kier alpha value is -2.30. The third-order valence-electron chi connectivity index (χ3n) is 2.92. The first-order chi connectivity index (χ1) is 10.1. The molecule has 4 nitrogen and oxygen atoms in total. The van der Waals surface area contributed by atoms with Crippen LogP contribution in [0.3, 0.4) is 0 Å². The quantitative estimate of drug-likeness (QED) is 0.801. The van der Waals surface area contributed by atoms with Crippen molar-refractivity contribution in [3.63, 3.8) is 0 Å². The standard InChI is InChI=1S/C16H20FN3O/c1-11(2)21-16-9-15(14(18)8-13(16)17)20-7-5-12-4-3-6-19-10-12/h3-4,6,8-11,20H,5,7,18H2,1-2H3. The lowest BCUT2D eigenvalue weighted by Crippen LogP contribution is -2.10. The summed E-state index contributed by atoms with van der Waals surface area (Å²) in [5, 5.41) is 3.20. The summed E-state index contributed by atoms with van der Waals surface area (Å²) in [4.78, 5) is 4.06. The highest BCUT2D eigenvalue weighted by Crippen LogP contribution is 2.28. The highest BCUT2D eigenvalue weighted by Gasteiger charge is 2.10. The van der Waals surface area contributed by atoms with E-state index in [0.717, 1.165) is 12.0 Å². The molecule has 2 rings (SSSR count). The van der Waals surface area contributed by atoms with Crippen LogP contribution in [0.15, 0.2) is 36.7 Å².